The van der Waals surface area contributed by atoms with Crippen molar-refractivity contribution in [2.45, 2.75) is 12.5 Å². The Bertz CT molecular complexity index is 714. The van der Waals surface area contributed by atoms with Crippen LogP contribution in [0, 0.1) is 0 Å². The zero-order valence-electron chi connectivity index (χ0n) is 12.9. The Kier molecular flexibility index (Phi) is 4.48. The molecule has 120 valence electrons. The number of methoxy groups -OCH3 is 1. The largest absolute Gasteiger partial charge is 0.497 e. The van der Waals surface area contributed by atoms with Crippen molar-refractivity contribution >= 4 is 5.91 Å². The molecule has 1 aliphatic heterocycles. The maximum Gasteiger partial charge on any atom is 0.251 e. The van der Waals surface area contributed by atoms with Crippen molar-refractivity contribution in [1.82, 2.24) is 5.32 Å². The molecule has 0 aliphatic carbocycles. The first-order chi connectivity index (χ1) is 11.2. The van der Waals surface area contributed by atoms with Gasteiger partial charge in [-0.25, -0.2) is 0 Å². The molecule has 0 bridgehead atoms. The molecule has 0 radical (unpaired) electrons. The highest BCUT2D eigenvalue weighted by molar-refractivity contribution is 5.94. The maximum atomic E-state index is 12.1. The minimum absolute atomic E-state index is 0.148. The molecule has 5 nitrogen and oxygen atoms in total. The molecule has 1 unspecified atom stereocenters. The van der Waals surface area contributed by atoms with Gasteiger partial charge in [-0.05, 0) is 41.5 Å². The van der Waals surface area contributed by atoms with Crippen LogP contribution in [0.2, 0.25) is 0 Å². The summed E-state index contributed by atoms with van der Waals surface area (Å²) in [5.74, 6) is 1.26. The van der Waals surface area contributed by atoms with E-state index in [4.69, 9.17) is 9.47 Å². The normalized spacial score (nSPS) is 13.8. The second-order valence-corrected chi connectivity index (χ2v) is 5.42. The van der Waals surface area contributed by atoms with Crippen molar-refractivity contribution < 1.29 is 19.4 Å². The zero-order valence-corrected chi connectivity index (χ0v) is 12.9. The average molecular weight is 313 g/mol. The van der Waals surface area contributed by atoms with Gasteiger partial charge in [-0.15, -0.1) is 0 Å². The van der Waals surface area contributed by atoms with Crippen LogP contribution in [-0.2, 0) is 6.42 Å². The van der Waals surface area contributed by atoms with Gasteiger partial charge < -0.3 is 19.9 Å². The Morgan fingerprint density at radius 3 is 3.04 bits per heavy atom. The summed E-state index contributed by atoms with van der Waals surface area (Å²) in [6.07, 6.45) is 0.0990. The molecule has 5 heteroatoms. The summed E-state index contributed by atoms with van der Waals surface area (Å²) in [5, 5.41) is 13.0. The molecule has 2 N–H and O–H groups in total. The van der Waals surface area contributed by atoms with Gasteiger partial charge in [-0.2, -0.15) is 0 Å². The lowest BCUT2D eigenvalue weighted by Gasteiger charge is -2.13. The van der Waals surface area contributed by atoms with Crippen LogP contribution in [0.15, 0.2) is 42.5 Å². The van der Waals surface area contributed by atoms with Gasteiger partial charge in [0.05, 0.1) is 19.8 Å². The van der Waals surface area contributed by atoms with E-state index in [0.29, 0.717) is 17.9 Å². The van der Waals surface area contributed by atoms with Gasteiger partial charge in [0.1, 0.15) is 11.5 Å². The number of amides is 1. The first-order valence-corrected chi connectivity index (χ1v) is 7.53. The van der Waals surface area contributed by atoms with Crippen LogP contribution < -0.4 is 14.8 Å². The Hall–Kier alpha value is -2.53. The molecule has 0 saturated heterocycles. The van der Waals surface area contributed by atoms with E-state index in [1.807, 2.05) is 18.2 Å². The molecule has 3 rings (SSSR count). The second kappa shape index (κ2) is 6.71. The second-order valence-electron chi connectivity index (χ2n) is 5.42. The van der Waals surface area contributed by atoms with Crippen LogP contribution in [0.4, 0.5) is 0 Å². The Morgan fingerprint density at radius 2 is 2.22 bits per heavy atom. The molecular formula is C18H19NO4. The standard InChI is InChI=1S/C18H19NO4/c1-22-15-4-2-3-14(10-15)18(21)19-11-16(20)12-5-6-17-13(9-12)7-8-23-17/h2-6,9-10,16,20H,7-8,11H2,1H3,(H,19,21). The summed E-state index contributed by atoms with van der Waals surface area (Å²) >= 11 is 0. The number of rotatable bonds is 5. The van der Waals surface area contributed by atoms with Gasteiger partial charge >= 0.3 is 0 Å². The molecule has 0 saturated carbocycles. The number of ether oxygens (including phenoxy) is 2. The smallest absolute Gasteiger partial charge is 0.251 e. The highest BCUT2D eigenvalue weighted by atomic mass is 16.5. The Labute approximate surface area is 134 Å². The summed E-state index contributed by atoms with van der Waals surface area (Å²) in [4.78, 5) is 12.1. The van der Waals surface area contributed by atoms with Crippen LogP contribution in [0.25, 0.3) is 0 Å². The van der Waals surface area contributed by atoms with Crippen molar-refractivity contribution in [1.29, 1.82) is 0 Å². The lowest BCUT2D eigenvalue weighted by molar-refractivity contribution is 0.0916. The van der Waals surface area contributed by atoms with Crippen LogP contribution in [0.5, 0.6) is 11.5 Å². The summed E-state index contributed by atoms with van der Waals surface area (Å²) in [5.41, 5.74) is 2.37. The average Bonchev–Trinajstić information content (AvgIpc) is 3.07. The molecular weight excluding hydrogens is 294 g/mol. The van der Waals surface area contributed by atoms with Gasteiger partial charge in [0.25, 0.3) is 5.91 Å². The van der Waals surface area contributed by atoms with E-state index in [1.165, 1.54) is 0 Å². The quantitative estimate of drug-likeness (QED) is 0.887. The topological polar surface area (TPSA) is 67.8 Å². The maximum absolute atomic E-state index is 12.1. The minimum atomic E-state index is -0.754. The minimum Gasteiger partial charge on any atom is -0.497 e. The van der Waals surface area contributed by atoms with Gasteiger partial charge in [0.15, 0.2) is 0 Å². The highest BCUT2D eigenvalue weighted by Gasteiger charge is 2.16. The number of nitrogens with one attached hydrogen (secondary N) is 1. The number of carbonyl (C=O) groups is 1. The lowest BCUT2D eigenvalue weighted by atomic mass is 10.0. The fraction of sp³-hybridized carbons (Fsp3) is 0.278. The zero-order chi connectivity index (χ0) is 16.2. The van der Waals surface area contributed by atoms with Crippen LogP contribution in [-0.4, -0.2) is 31.3 Å². The van der Waals surface area contributed by atoms with Crippen molar-refractivity contribution in [3.63, 3.8) is 0 Å². The van der Waals surface area contributed by atoms with E-state index in [-0.39, 0.29) is 12.5 Å². The monoisotopic (exact) mass is 313 g/mol. The fourth-order valence-electron chi connectivity index (χ4n) is 2.59. The number of carbonyl (C=O) groups excluding carboxylic acids is 1. The van der Waals surface area contributed by atoms with Gasteiger partial charge in [0, 0.05) is 18.5 Å². The summed E-state index contributed by atoms with van der Waals surface area (Å²) in [7, 11) is 1.55. The predicted octanol–water partition coefficient (Wildman–Crippen LogP) is 2.09. The van der Waals surface area contributed by atoms with Crippen molar-refractivity contribution in [2.24, 2.45) is 0 Å². The van der Waals surface area contributed by atoms with Crippen molar-refractivity contribution in [3.8, 4) is 11.5 Å². The summed E-state index contributed by atoms with van der Waals surface area (Å²) < 4.78 is 10.5. The molecule has 2 aromatic carbocycles. The van der Waals surface area contributed by atoms with Crippen molar-refractivity contribution in [3.05, 3.63) is 59.2 Å². The van der Waals surface area contributed by atoms with Crippen LogP contribution in [0.1, 0.15) is 27.6 Å². The van der Waals surface area contributed by atoms with E-state index < -0.39 is 6.10 Å². The van der Waals surface area contributed by atoms with E-state index in [1.54, 1.807) is 31.4 Å². The molecule has 23 heavy (non-hydrogen) atoms. The number of aliphatic hydroxyl groups is 1. The van der Waals surface area contributed by atoms with E-state index in [2.05, 4.69) is 5.32 Å². The Morgan fingerprint density at radius 1 is 1.35 bits per heavy atom. The third-order valence-corrected chi connectivity index (χ3v) is 3.89. The number of hydrogen-bond acceptors (Lipinski definition) is 4. The SMILES string of the molecule is COc1cccc(C(=O)NCC(O)c2ccc3c(c2)CCO3)c1. The number of aliphatic hydroxyl groups excluding tert-OH is 1. The predicted molar refractivity (Wildman–Crippen MR) is 85.9 cm³/mol. The number of fused-ring (bicyclic) bond motifs is 1. The molecule has 0 spiro atoms. The van der Waals surface area contributed by atoms with Crippen molar-refractivity contribution in [2.75, 3.05) is 20.3 Å². The van der Waals surface area contributed by atoms with E-state index >= 15 is 0 Å². The molecule has 0 fully saturated rings. The third kappa shape index (κ3) is 3.46. The fourth-order valence-corrected chi connectivity index (χ4v) is 2.59. The summed E-state index contributed by atoms with van der Waals surface area (Å²) in [6.45, 7) is 0.831. The first kappa shape index (κ1) is 15.4. The van der Waals surface area contributed by atoms with Gasteiger partial charge in [-0.1, -0.05) is 12.1 Å². The van der Waals surface area contributed by atoms with Gasteiger partial charge in [-0.3, -0.25) is 4.79 Å². The van der Waals surface area contributed by atoms with Crippen LogP contribution in [0.3, 0.4) is 0 Å². The van der Waals surface area contributed by atoms with Gasteiger partial charge in [0.2, 0.25) is 0 Å². The number of benzene rings is 2. The van der Waals surface area contributed by atoms with E-state index in [9.17, 15) is 9.90 Å². The van der Waals surface area contributed by atoms with Crippen LogP contribution >= 0.6 is 0 Å². The summed E-state index contributed by atoms with van der Waals surface area (Å²) in [6, 6.07) is 12.5. The molecule has 1 atom stereocenters. The highest BCUT2D eigenvalue weighted by Crippen LogP contribution is 2.28. The Balaban J connectivity index is 1.62. The first-order valence-electron chi connectivity index (χ1n) is 7.53. The number of hydrogen-bond donors (Lipinski definition) is 2. The third-order valence-electron chi connectivity index (χ3n) is 3.89. The molecule has 1 aliphatic rings. The molecule has 0 aromatic heterocycles. The molecule has 1 heterocycles. The van der Waals surface area contributed by atoms with E-state index in [0.717, 1.165) is 23.3 Å². The molecule has 1 amide bonds. The molecule has 2 aromatic rings. The lowest BCUT2D eigenvalue weighted by Crippen LogP contribution is -2.28.